The Kier molecular flexibility index (Phi) is 3.71. The van der Waals surface area contributed by atoms with Crippen LogP contribution in [0, 0.1) is 0 Å². The standard InChI is InChI=1S/C16H14ClNO3/c17-12-9-10(16(19)20)5-6-14(12)18-13-7-8-21-15-4-2-1-3-11(13)15/h1-6,9,13,18H,7-8H2,(H,19,20). The zero-order valence-corrected chi connectivity index (χ0v) is 11.9. The molecule has 2 N–H and O–H groups in total. The van der Waals surface area contributed by atoms with Crippen molar-refractivity contribution in [3.63, 3.8) is 0 Å². The number of rotatable bonds is 3. The van der Waals surface area contributed by atoms with E-state index < -0.39 is 5.97 Å². The zero-order valence-electron chi connectivity index (χ0n) is 11.2. The molecule has 0 saturated heterocycles. The molecule has 0 aliphatic carbocycles. The van der Waals surface area contributed by atoms with Gasteiger partial charge in [-0.15, -0.1) is 0 Å². The Labute approximate surface area is 127 Å². The topological polar surface area (TPSA) is 58.6 Å². The number of carboxylic acid groups (broad SMARTS) is 1. The summed E-state index contributed by atoms with van der Waals surface area (Å²) in [7, 11) is 0. The van der Waals surface area contributed by atoms with Crippen molar-refractivity contribution in [3.05, 3.63) is 58.6 Å². The third-order valence-electron chi connectivity index (χ3n) is 3.50. The van der Waals surface area contributed by atoms with Gasteiger partial charge in [0.25, 0.3) is 0 Å². The van der Waals surface area contributed by atoms with E-state index in [0.717, 1.165) is 23.4 Å². The maximum absolute atomic E-state index is 10.9. The van der Waals surface area contributed by atoms with Gasteiger partial charge in [-0.1, -0.05) is 29.8 Å². The Morgan fingerprint density at radius 3 is 2.86 bits per heavy atom. The lowest BCUT2D eigenvalue weighted by atomic mass is 10.00. The molecular weight excluding hydrogens is 290 g/mol. The van der Waals surface area contributed by atoms with Crippen LogP contribution in [0.15, 0.2) is 42.5 Å². The fraction of sp³-hybridized carbons (Fsp3) is 0.188. The van der Waals surface area contributed by atoms with Crippen LogP contribution in [0.5, 0.6) is 5.75 Å². The monoisotopic (exact) mass is 303 g/mol. The second-order valence-corrected chi connectivity index (χ2v) is 5.28. The minimum Gasteiger partial charge on any atom is -0.493 e. The number of nitrogens with one attached hydrogen (secondary N) is 1. The predicted octanol–water partition coefficient (Wildman–Crippen LogP) is 3.97. The maximum Gasteiger partial charge on any atom is 0.335 e. The first-order chi connectivity index (χ1) is 10.1. The van der Waals surface area contributed by atoms with Crippen LogP contribution in [0.4, 0.5) is 5.69 Å². The van der Waals surface area contributed by atoms with Gasteiger partial charge in [0.2, 0.25) is 0 Å². The number of halogens is 1. The molecular formula is C16H14ClNO3. The van der Waals surface area contributed by atoms with E-state index in [9.17, 15) is 4.79 Å². The van der Waals surface area contributed by atoms with Crippen molar-refractivity contribution in [2.75, 3.05) is 11.9 Å². The lowest BCUT2D eigenvalue weighted by Crippen LogP contribution is -2.20. The average Bonchev–Trinajstić information content (AvgIpc) is 2.49. The molecule has 2 aromatic carbocycles. The Morgan fingerprint density at radius 1 is 1.29 bits per heavy atom. The lowest BCUT2D eigenvalue weighted by Gasteiger charge is -2.27. The van der Waals surface area contributed by atoms with E-state index in [1.54, 1.807) is 12.1 Å². The molecule has 5 heteroatoms. The largest absolute Gasteiger partial charge is 0.493 e. The number of aromatic carboxylic acids is 1. The molecule has 1 unspecified atom stereocenters. The molecule has 1 aliphatic rings. The van der Waals surface area contributed by atoms with Crippen LogP contribution in [0.1, 0.15) is 28.4 Å². The summed E-state index contributed by atoms with van der Waals surface area (Å²) in [6.45, 7) is 0.638. The van der Waals surface area contributed by atoms with Crippen molar-refractivity contribution in [1.82, 2.24) is 0 Å². The number of carboxylic acids is 1. The Bertz CT molecular complexity index is 687. The van der Waals surface area contributed by atoms with E-state index in [1.165, 1.54) is 6.07 Å². The number of anilines is 1. The van der Waals surface area contributed by atoms with E-state index in [2.05, 4.69) is 5.32 Å². The highest BCUT2D eigenvalue weighted by Gasteiger charge is 2.21. The summed E-state index contributed by atoms with van der Waals surface area (Å²) >= 11 is 6.16. The molecule has 2 aromatic rings. The highest BCUT2D eigenvalue weighted by Crippen LogP contribution is 2.35. The van der Waals surface area contributed by atoms with Crippen LogP contribution in [0.2, 0.25) is 5.02 Å². The second kappa shape index (κ2) is 5.66. The van der Waals surface area contributed by atoms with Crippen LogP contribution >= 0.6 is 11.6 Å². The van der Waals surface area contributed by atoms with E-state index in [-0.39, 0.29) is 11.6 Å². The van der Waals surface area contributed by atoms with Gasteiger partial charge in [-0.3, -0.25) is 0 Å². The molecule has 108 valence electrons. The van der Waals surface area contributed by atoms with Crippen LogP contribution < -0.4 is 10.1 Å². The number of hydrogen-bond donors (Lipinski definition) is 2. The molecule has 0 bridgehead atoms. The number of hydrogen-bond acceptors (Lipinski definition) is 3. The highest BCUT2D eigenvalue weighted by atomic mass is 35.5. The van der Waals surface area contributed by atoms with Gasteiger partial charge in [-0.25, -0.2) is 4.79 Å². The fourth-order valence-electron chi connectivity index (χ4n) is 2.44. The molecule has 0 radical (unpaired) electrons. The molecule has 0 spiro atoms. The number of fused-ring (bicyclic) bond motifs is 1. The van der Waals surface area contributed by atoms with E-state index in [0.29, 0.717) is 11.6 Å². The highest BCUT2D eigenvalue weighted by molar-refractivity contribution is 6.33. The van der Waals surface area contributed by atoms with Crippen LogP contribution in [0.3, 0.4) is 0 Å². The minimum absolute atomic E-state index is 0.100. The third kappa shape index (κ3) is 2.81. The maximum atomic E-state index is 10.9. The Morgan fingerprint density at radius 2 is 2.10 bits per heavy atom. The molecule has 1 aliphatic heterocycles. The molecule has 3 rings (SSSR count). The molecule has 0 amide bonds. The lowest BCUT2D eigenvalue weighted by molar-refractivity contribution is 0.0697. The van der Waals surface area contributed by atoms with Crippen LogP contribution in [0.25, 0.3) is 0 Å². The van der Waals surface area contributed by atoms with Crippen LogP contribution in [-0.4, -0.2) is 17.7 Å². The SMILES string of the molecule is O=C(O)c1ccc(NC2CCOc3ccccc32)c(Cl)c1. The fourth-order valence-corrected chi connectivity index (χ4v) is 2.68. The van der Waals surface area contributed by atoms with Crippen molar-refractivity contribution in [2.45, 2.75) is 12.5 Å². The Balaban J connectivity index is 1.86. The number of ether oxygens (including phenoxy) is 1. The van der Waals surface area contributed by atoms with Gasteiger partial charge in [0, 0.05) is 12.0 Å². The van der Waals surface area contributed by atoms with Gasteiger partial charge in [0.15, 0.2) is 0 Å². The molecule has 1 atom stereocenters. The van der Waals surface area contributed by atoms with Gasteiger partial charge in [-0.05, 0) is 24.3 Å². The summed E-state index contributed by atoms with van der Waals surface area (Å²) in [6, 6.07) is 12.7. The minimum atomic E-state index is -0.986. The molecule has 4 nitrogen and oxygen atoms in total. The predicted molar refractivity (Wildman–Crippen MR) is 81.3 cm³/mol. The van der Waals surface area contributed by atoms with Crippen LogP contribution in [-0.2, 0) is 0 Å². The number of carbonyl (C=O) groups is 1. The third-order valence-corrected chi connectivity index (χ3v) is 3.82. The number of para-hydroxylation sites is 1. The second-order valence-electron chi connectivity index (χ2n) is 4.87. The number of benzene rings is 2. The molecule has 21 heavy (non-hydrogen) atoms. The van der Waals surface area contributed by atoms with Gasteiger partial charge in [0.1, 0.15) is 5.75 Å². The molecule has 0 saturated carbocycles. The van der Waals surface area contributed by atoms with Gasteiger partial charge in [-0.2, -0.15) is 0 Å². The first-order valence-corrected chi connectivity index (χ1v) is 7.04. The first kappa shape index (κ1) is 13.8. The Hall–Kier alpha value is -2.20. The molecule has 0 aromatic heterocycles. The smallest absolute Gasteiger partial charge is 0.335 e. The van der Waals surface area contributed by atoms with Crippen molar-refractivity contribution in [1.29, 1.82) is 0 Å². The van der Waals surface area contributed by atoms with Gasteiger partial charge in [0.05, 0.1) is 28.9 Å². The summed E-state index contributed by atoms with van der Waals surface area (Å²) < 4.78 is 5.62. The molecule has 0 fully saturated rings. The van der Waals surface area contributed by atoms with E-state index >= 15 is 0 Å². The van der Waals surface area contributed by atoms with Crippen molar-refractivity contribution in [2.24, 2.45) is 0 Å². The van der Waals surface area contributed by atoms with Gasteiger partial charge >= 0.3 is 5.97 Å². The zero-order chi connectivity index (χ0) is 14.8. The summed E-state index contributed by atoms with van der Waals surface area (Å²) in [5.41, 5.74) is 1.99. The van der Waals surface area contributed by atoms with Gasteiger partial charge < -0.3 is 15.2 Å². The van der Waals surface area contributed by atoms with Crippen molar-refractivity contribution in [3.8, 4) is 5.75 Å². The quantitative estimate of drug-likeness (QED) is 0.900. The first-order valence-electron chi connectivity index (χ1n) is 6.66. The average molecular weight is 304 g/mol. The normalized spacial score (nSPS) is 16.7. The summed E-state index contributed by atoms with van der Waals surface area (Å²) in [5, 5.41) is 12.7. The van der Waals surface area contributed by atoms with Crippen molar-refractivity contribution < 1.29 is 14.6 Å². The van der Waals surface area contributed by atoms with E-state index in [4.69, 9.17) is 21.4 Å². The van der Waals surface area contributed by atoms with Crippen molar-refractivity contribution >= 4 is 23.3 Å². The summed E-state index contributed by atoms with van der Waals surface area (Å²) in [6.07, 6.45) is 0.827. The summed E-state index contributed by atoms with van der Waals surface area (Å²) in [5.74, 6) is -0.112. The van der Waals surface area contributed by atoms with E-state index in [1.807, 2.05) is 24.3 Å². The molecule has 1 heterocycles. The summed E-state index contributed by atoms with van der Waals surface area (Å²) in [4.78, 5) is 10.9.